The van der Waals surface area contributed by atoms with Crippen molar-refractivity contribution < 1.29 is 23.7 Å². The molecule has 4 fully saturated rings. The van der Waals surface area contributed by atoms with Crippen LogP contribution in [0.25, 0.3) is 0 Å². The zero-order valence-corrected chi connectivity index (χ0v) is 20.3. The minimum atomic E-state index is -0.0140. The number of allylic oxidation sites excluding steroid dienone is 4. The highest BCUT2D eigenvalue weighted by Gasteiger charge is 2.36. The first-order chi connectivity index (χ1) is 16.3. The molecule has 4 bridgehead atoms. The normalized spacial score (nSPS) is 38.8. The van der Waals surface area contributed by atoms with Gasteiger partial charge in [-0.25, -0.2) is 0 Å². The van der Waals surface area contributed by atoms with E-state index in [4.69, 9.17) is 23.7 Å². The summed E-state index contributed by atoms with van der Waals surface area (Å²) in [6.07, 6.45) is 21.3. The number of fused-ring (bicyclic) bond motifs is 4. The van der Waals surface area contributed by atoms with E-state index >= 15 is 0 Å². The summed E-state index contributed by atoms with van der Waals surface area (Å²) in [5.41, 5.74) is 0. The summed E-state index contributed by atoms with van der Waals surface area (Å²) in [4.78, 5) is 0. The van der Waals surface area contributed by atoms with E-state index in [1.54, 1.807) is 0 Å². The predicted molar refractivity (Wildman–Crippen MR) is 128 cm³/mol. The Bertz CT molecular complexity index is 636. The third kappa shape index (κ3) is 6.91. The molecule has 0 aromatic heterocycles. The molecule has 2 heterocycles. The molecule has 0 aromatic rings. The van der Waals surface area contributed by atoms with Crippen LogP contribution in [0.1, 0.15) is 57.8 Å². The topological polar surface area (TPSA) is 46.2 Å². The molecule has 0 spiro atoms. The summed E-state index contributed by atoms with van der Waals surface area (Å²) >= 11 is 0. The first-order valence-electron chi connectivity index (χ1n) is 13.7. The fraction of sp³-hybridized carbons (Fsp3) is 0.857. The Morgan fingerprint density at radius 3 is 1.79 bits per heavy atom. The van der Waals surface area contributed by atoms with Crippen molar-refractivity contribution in [2.24, 2.45) is 35.5 Å². The van der Waals surface area contributed by atoms with Crippen LogP contribution in [0, 0.1) is 35.5 Å². The average molecular weight is 461 g/mol. The van der Waals surface area contributed by atoms with Crippen molar-refractivity contribution >= 4 is 0 Å². The molecule has 5 nitrogen and oxygen atoms in total. The molecule has 33 heavy (non-hydrogen) atoms. The van der Waals surface area contributed by atoms with E-state index in [-0.39, 0.29) is 6.29 Å². The zero-order chi connectivity index (χ0) is 22.3. The fourth-order valence-corrected chi connectivity index (χ4v) is 6.65. The number of ether oxygens (including phenoxy) is 5. The highest BCUT2D eigenvalue weighted by Crippen LogP contribution is 2.44. The quantitative estimate of drug-likeness (QED) is 0.333. The lowest BCUT2D eigenvalue weighted by atomic mass is 9.95. The summed E-state index contributed by atoms with van der Waals surface area (Å²) in [6, 6.07) is 0. The molecule has 7 atom stereocenters. The molecule has 186 valence electrons. The number of hydrogen-bond acceptors (Lipinski definition) is 5. The van der Waals surface area contributed by atoms with E-state index in [9.17, 15) is 0 Å². The van der Waals surface area contributed by atoms with Gasteiger partial charge in [0.1, 0.15) is 0 Å². The van der Waals surface area contributed by atoms with Crippen molar-refractivity contribution in [2.75, 3.05) is 46.2 Å². The highest BCUT2D eigenvalue weighted by atomic mass is 16.7. The van der Waals surface area contributed by atoms with Crippen molar-refractivity contribution in [2.45, 2.75) is 70.2 Å². The molecule has 5 heteroatoms. The lowest BCUT2D eigenvalue weighted by Crippen LogP contribution is -2.22. The SMILES string of the molecule is C1=CC2CC1CC2COCCC1CCCCO1.C1=CC2CC1CC2COCCC1OCCO1. The van der Waals surface area contributed by atoms with Gasteiger partial charge in [0.15, 0.2) is 6.29 Å². The molecule has 7 unspecified atom stereocenters. The Kier molecular flexibility index (Phi) is 8.95. The minimum Gasteiger partial charge on any atom is -0.381 e. The standard InChI is InChI=1S/C15H24O2.C13H20O3/c1-2-7-17-15(3-1)6-8-16-11-14-10-12-4-5-13(14)9-12;1-2-11-7-10(1)8-12(11)9-14-4-3-13-15-5-6-16-13/h4-5,12-15H,1-3,6-11H2;1-2,10-13H,3-9H2. The maximum absolute atomic E-state index is 5.86. The fourth-order valence-electron chi connectivity index (χ4n) is 6.65. The van der Waals surface area contributed by atoms with E-state index in [1.165, 1.54) is 44.9 Å². The lowest BCUT2D eigenvalue weighted by Gasteiger charge is -2.23. The molecule has 2 aliphatic heterocycles. The third-order valence-corrected chi connectivity index (χ3v) is 8.54. The van der Waals surface area contributed by atoms with Crippen LogP contribution in [0.3, 0.4) is 0 Å². The van der Waals surface area contributed by atoms with Gasteiger partial charge in [-0.2, -0.15) is 0 Å². The van der Waals surface area contributed by atoms with Crippen molar-refractivity contribution in [3.05, 3.63) is 24.3 Å². The molecular weight excluding hydrogens is 416 g/mol. The van der Waals surface area contributed by atoms with Gasteiger partial charge in [-0.15, -0.1) is 0 Å². The Hall–Kier alpha value is -0.720. The van der Waals surface area contributed by atoms with Crippen LogP contribution in [0.15, 0.2) is 24.3 Å². The third-order valence-electron chi connectivity index (χ3n) is 8.54. The van der Waals surface area contributed by atoms with Crippen LogP contribution >= 0.6 is 0 Å². The van der Waals surface area contributed by atoms with Crippen molar-refractivity contribution in [1.82, 2.24) is 0 Å². The van der Waals surface area contributed by atoms with Gasteiger partial charge in [-0.3, -0.25) is 0 Å². The molecule has 6 aliphatic rings. The van der Waals surface area contributed by atoms with E-state index < -0.39 is 0 Å². The lowest BCUT2D eigenvalue weighted by molar-refractivity contribution is -0.0642. The van der Waals surface area contributed by atoms with Gasteiger partial charge in [-0.1, -0.05) is 24.3 Å². The highest BCUT2D eigenvalue weighted by molar-refractivity contribution is 5.10. The molecule has 6 rings (SSSR count). The van der Waals surface area contributed by atoms with Crippen LogP contribution in [0.4, 0.5) is 0 Å². The van der Waals surface area contributed by atoms with E-state index in [2.05, 4.69) is 24.3 Å². The Balaban J connectivity index is 0.000000139. The molecule has 0 aromatic carbocycles. The van der Waals surface area contributed by atoms with Crippen LogP contribution in [-0.2, 0) is 23.7 Å². The Morgan fingerprint density at radius 2 is 1.27 bits per heavy atom. The Labute approximate surface area is 200 Å². The second-order valence-electron chi connectivity index (χ2n) is 11.0. The van der Waals surface area contributed by atoms with Gasteiger partial charge in [-0.05, 0) is 86.9 Å². The van der Waals surface area contributed by atoms with Gasteiger partial charge in [0, 0.05) is 32.8 Å². The maximum atomic E-state index is 5.86. The summed E-state index contributed by atoms with van der Waals surface area (Å²) in [5.74, 6) is 4.91. The zero-order valence-electron chi connectivity index (χ0n) is 20.3. The van der Waals surface area contributed by atoms with E-state index in [1.807, 2.05) is 0 Å². The molecular formula is C28H44O5. The summed E-state index contributed by atoms with van der Waals surface area (Å²) in [6.45, 7) is 5.98. The van der Waals surface area contributed by atoms with Gasteiger partial charge in [0.05, 0.1) is 25.9 Å². The monoisotopic (exact) mass is 460 g/mol. The molecule has 0 radical (unpaired) electrons. The molecule has 0 amide bonds. The molecule has 0 N–H and O–H groups in total. The molecule has 2 saturated heterocycles. The van der Waals surface area contributed by atoms with Gasteiger partial charge < -0.3 is 23.7 Å². The predicted octanol–water partition coefficient (Wildman–Crippen LogP) is 5.15. The van der Waals surface area contributed by atoms with Crippen molar-refractivity contribution in [3.8, 4) is 0 Å². The maximum Gasteiger partial charge on any atom is 0.160 e. The van der Waals surface area contributed by atoms with Crippen LogP contribution in [0.5, 0.6) is 0 Å². The van der Waals surface area contributed by atoms with Crippen LogP contribution in [-0.4, -0.2) is 58.6 Å². The number of hydrogen-bond donors (Lipinski definition) is 0. The van der Waals surface area contributed by atoms with Gasteiger partial charge in [0.25, 0.3) is 0 Å². The Morgan fingerprint density at radius 1 is 0.636 bits per heavy atom. The van der Waals surface area contributed by atoms with Gasteiger partial charge >= 0.3 is 0 Å². The molecule has 4 aliphatic carbocycles. The second kappa shape index (κ2) is 12.3. The first-order valence-corrected chi connectivity index (χ1v) is 13.7. The van der Waals surface area contributed by atoms with Crippen LogP contribution < -0.4 is 0 Å². The summed E-state index contributed by atoms with van der Waals surface area (Å²) in [5, 5.41) is 0. The average Bonchev–Trinajstić information content (AvgIpc) is 3.68. The smallest absolute Gasteiger partial charge is 0.160 e. The van der Waals surface area contributed by atoms with E-state index in [0.29, 0.717) is 6.10 Å². The van der Waals surface area contributed by atoms with Crippen molar-refractivity contribution in [1.29, 1.82) is 0 Å². The largest absolute Gasteiger partial charge is 0.381 e. The number of rotatable bonds is 10. The van der Waals surface area contributed by atoms with Crippen molar-refractivity contribution in [3.63, 3.8) is 0 Å². The van der Waals surface area contributed by atoms with Gasteiger partial charge in [0.2, 0.25) is 0 Å². The van der Waals surface area contributed by atoms with Crippen LogP contribution in [0.2, 0.25) is 0 Å². The second-order valence-corrected chi connectivity index (χ2v) is 11.0. The minimum absolute atomic E-state index is 0.0140. The van der Waals surface area contributed by atoms with E-state index in [0.717, 1.165) is 94.6 Å². The molecule has 2 saturated carbocycles. The first kappa shape index (κ1) is 24.0. The summed E-state index contributed by atoms with van der Waals surface area (Å²) in [7, 11) is 0. The summed E-state index contributed by atoms with van der Waals surface area (Å²) < 4.78 is 28.0.